The van der Waals surface area contributed by atoms with Gasteiger partial charge in [-0.05, 0) is 24.3 Å². The average Bonchev–Trinajstić information content (AvgIpc) is 2.81. The van der Waals surface area contributed by atoms with E-state index >= 15 is 0 Å². The Kier molecular flexibility index (Phi) is 8.52. The van der Waals surface area contributed by atoms with Crippen LogP contribution in [0.2, 0.25) is 0 Å². The lowest BCUT2D eigenvalue weighted by Gasteiger charge is -2.32. The molecule has 0 unspecified atom stereocenters. The van der Waals surface area contributed by atoms with Crippen LogP contribution in [0.1, 0.15) is 37.7 Å². The fourth-order valence-electron chi connectivity index (χ4n) is 4.05. The summed E-state index contributed by atoms with van der Waals surface area (Å²) in [6.45, 7) is 2.17. The molecule has 7 nitrogen and oxygen atoms in total. The molecule has 2 amide bonds. The van der Waals surface area contributed by atoms with Crippen LogP contribution in [-0.2, 0) is 20.7 Å². The van der Waals surface area contributed by atoms with Gasteiger partial charge in [-0.1, -0.05) is 49.6 Å². The van der Waals surface area contributed by atoms with Crippen molar-refractivity contribution in [1.29, 1.82) is 5.26 Å². The molecule has 1 atom stereocenters. The van der Waals surface area contributed by atoms with Crippen LogP contribution < -0.4 is 0 Å². The summed E-state index contributed by atoms with van der Waals surface area (Å²) in [6, 6.07) is 11.0. The second-order valence-corrected chi connectivity index (χ2v) is 8.04. The van der Waals surface area contributed by atoms with Gasteiger partial charge in [0.05, 0.1) is 25.9 Å². The van der Waals surface area contributed by atoms with Crippen molar-refractivity contribution in [3.63, 3.8) is 0 Å². The number of rotatable bonds is 7. The number of hydrogen-bond donors (Lipinski definition) is 0. The smallest absolute Gasteiger partial charge is 0.411 e. The molecule has 0 radical (unpaired) electrons. The number of benzene rings is 1. The number of hydrogen-bond acceptors (Lipinski definition) is 5. The zero-order valence-electron chi connectivity index (χ0n) is 17.5. The molecular weight excluding hydrogens is 382 g/mol. The molecule has 1 saturated heterocycles. The number of nitrogens with zero attached hydrogens (tertiary/aromatic N) is 3. The summed E-state index contributed by atoms with van der Waals surface area (Å²) in [4.78, 5) is 28.7. The van der Waals surface area contributed by atoms with Gasteiger partial charge in [-0.3, -0.25) is 9.69 Å². The lowest BCUT2D eigenvalue weighted by atomic mass is 9.90. The third-order valence-corrected chi connectivity index (χ3v) is 5.87. The summed E-state index contributed by atoms with van der Waals surface area (Å²) in [7, 11) is 0. The monoisotopic (exact) mass is 413 g/mol. The van der Waals surface area contributed by atoms with Crippen molar-refractivity contribution in [1.82, 2.24) is 9.80 Å². The summed E-state index contributed by atoms with van der Waals surface area (Å²) >= 11 is 0. The molecule has 1 aliphatic carbocycles. The predicted octanol–water partition coefficient (Wildman–Crippen LogP) is 3.00. The van der Waals surface area contributed by atoms with E-state index in [0.29, 0.717) is 45.2 Å². The fourth-order valence-corrected chi connectivity index (χ4v) is 4.05. The van der Waals surface area contributed by atoms with Crippen molar-refractivity contribution in [2.75, 3.05) is 39.5 Å². The summed E-state index contributed by atoms with van der Waals surface area (Å²) < 4.78 is 10.9. The molecule has 3 rings (SSSR count). The first-order valence-corrected chi connectivity index (χ1v) is 10.9. The van der Waals surface area contributed by atoms with E-state index < -0.39 is 12.1 Å². The Hall–Kier alpha value is -2.59. The molecule has 1 aliphatic heterocycles. The van der Waals surface area contributed by atoms with Crippen LogP contribution in [0.15, 0.2) is 30.3 Å². The molecule has 30 heavy (non-hydrogen) atoms. The third kappa shape index (κ3) is 6.46. The number of carbonyl (C=O) groups excluding carboxylic acids is 2. The molecule has 0 bridgehead atoms. The lowest BCUT2D eigenvalue weighted by Crippen LogP contribution is -2.50. The van der Waals surface area contributed by atoms with Gasteiger partial charge in [-0.2, -0.15) is 5.26 Å². The fraction of sp³-hybridized carbons (Fsp3) is 0.609. The van der Waals surface area contributed by atoms with Gasteiger partial charge in [-0.15, -0.1) is 0 Å². The van der Waals surface area contributed by atoms with Crippen LogP contribution >= 0.6 is 0 Å². The number of amides is 2. The van der Waals surface area contributed by atoms with Crippen LogP contribution in [-0.4, -0.2) is 67.3 Å². The average molecular weight is 414 g/mol. The first kappa shape index (κ1) is 22.1. The van der Waals surface area contributed by atoms with Crippen LogP contribution in [0.3, 0.4) is 0 Å². The molecule has 1 aromatic rings. The minimum atomic E-state index is -0.767. The van der Waals surface area contributed by atoms with Crippen LogP contribution in [0, 0.1) is 17.2 Å². The van der Waals surface area contributed by atoms with Crippen molar-refractivity contribution in [3.8, 4) is 6.07 Å². The van der Waals surface area contributed by atoms with Crippen molar-refractivity contribution in [2.45, 2.75) is 44.6 Å². The Labute approximate surface area is 178 Å². The zero-order chi connectivity index (χ0) is 21.2. The SMILES string of the molecule is N#C[C@H](Cc1ccccc1)N(CC(=O)N1CCOCC1)C(=O)OCC1CCCCC1. The van der Waals surface area contributed by atoms with Crippen molar-refractivity contribution in [2.24, 2.45) is 5.92 Å². The van der Waals surface area contributed by atoms with E-state index in [4.69, 9.17) is 9.47 Å². The highest BCUT2D eigenvalue weighted by Gasteiger charge is 2.30. The van der Waals surface area contributed by atoms with Crippen molar-refractivity contribution < 1.29 is 19.1 Å². The van der Waals surface area contributed by atoms with Gasteiger partial charge in [0, 0.05) is 19.5 Å². The Morgan fingerprint density at radius 1 is 1.17 bits per heavy atom. The number of ether oxygens (including phenoxy) is 2. The number of morpholine rings is 1. The topological polar surface area (TPSA) is 82.9 Å². The van der Waals surface area contributed by atoms with Gasteiger partial charge in [0.1, 0.15) is 12.6 Å². The maximum atomic E-state index is 13.0. The second-order valence-electron chi connectivity index (χ2n) is 8.04. The standard InChI is InChI=1S/C23H31N3O4/c24-16-21(15-19-7-3-1-4-8-19)26(17-22(27)25-11-13-29-14-12-25)23(28)30-18-20-9-5-2-6-10-20/h1,3-4,7-8,20-21H,2,5-6,9-15,17-18H2/t21-/m0/s1. The zero-order valence-corrected chi connectivity index (χ0v) is 17.5. The van der Waals surface area contributed by atoms with Gasteiger partial charge in [-0.25, -0.2) is 4.79 Å². The van der Waals surface area contributed by atoms with E-state index in [1.165, 1.54) is 11.3 Å². The number of nitriles is 1. The normalized spacial score (nSPS) is 18.3. The predicted molar refractivity (Wildman–Crippen MR) is 112 cm³/mol. The van der Waals surface area contributed by atoms with Gasteiger partial charge in [0.15, 0.2) is 0 Å². The Balaban J connectivity index is 1.67. The van der Waals surface area contributed by atoms with Crippen LogP contribution in [0.4, 0.5) is 4.79 Å². The van der Waals surface area contributed by atoms with E-state index in [0.717, 1.165) is 31.2 Å². The van der Waals surface area contributed by atoms with Crippen molar-refractivity contribution >= 4 is 12.0 Å². The molecule has 2 fully saturated rings. The molecule has 2 aliphatic rings. The molecule has 1 aromatic carbocycles. The quantitative estimate of drug-likeness (QED) is 0.686. The summed E-state index contributed by atoms with van der Waals surface area (Å²) in [5.41, 5.74) is 0.938. The minimum Gasteiger partial charge on any atom is -0.449 e. The van der Waals surface area contributed by atoms with E-state index in [1.54, 1.807) is 4.90 Å². The molecule has 1 heterocycles. The van der Waals surface area contributed by atoms with Crippen molar-refractivity contribution in [3.05, 3.63) is 35.9 Å². The molecule has 0 spiro atoms. The lowest BCUT2D eigenvalue weighted by molar-refractivity contribution is -0.136. The van der Waals surface area contributed by atoms with Gasteiger partial charge in [0.2, 0.25) is 5.91 Å². The minimum absolute atomic E-state index is 0.158. The first-order valence-electron chi connectivity index (χ1n) is 10.9. The Morgan fingerprint density at radius 3 is 2.53 bits per heavy atom. The molecule has 162 valence electrons. The number of carbonyl (C=O) groups is 2. The highest BCUT2D eigenvalue weighted by molar-refractivity contribution is 5.82. The molecular formula is C23H31N3O4. The second kappa shape index (κ2) is 11.6. The Bertz CT molecular complexity index is 722. The third-order valence-electron chi connectivity index (χ3n) is 5.87. The first-order chi connectivity index (χ1) is 14.7. The van der Waals surface area contributed by atoms with E-state index in [1.807, 2.05) is 30.3 Å². The van der Waals surface area contributed by atoms with E-state index in [-0.39, 0.29) is 12.5 Å². The Morgan fingerprint density at radius 2 is 1.87 bits per heavy atom. The maximum absolute atomic E-state index is 13.0. The maximum Gasteiger partial charge on any atom is 0.411 e. The highest BCUT2D eigenvalue weighted by Crippen LogP contribution is 2.24. The largest absolute Gasteiger partial charge is 0.449 e. The van der Waals surface area contributed by atoms with E-state index in [9.17, 15) is 14.9 Å². The molecule has 1 saturated carbocycles. The molecule has 0 N–H and O–H groups in total. The van der Waals surface area contributed by atoms with E-state index in [2.05, 4.69) is 6.07 Å². The molecule has 7 heteroatoms. The highest BCUT2D eigenvalue weighted by atomic mass is 16.6. The van der Waals surface area contributed by atoms with Crippen LogP contribution in [0.25, 0.3) is 0 Å². The summed E-state index contributed by atoms with van der Waals surface area (Å²) in [5, 5.41) is 9.80. The molecule has 0 aromatic heterocycles. The van der Waals surface area contributed by atoms with Gasteiger partial charge < -0.3 is 14.4 Å². The summed E-state index contributed by atoms with van der Waals surface area (Å²) in [6.07, 6.45) is 5.46. The van der Waals surface area contributed by atoms with Crippen LogP contribution in [0.5, 0.6) is 0 Å². The van der Waals surface area contributed by atoms with Gasteiger partial charge >= 0.3 is 6.09 Å². The van der Waals surface area contributed by atoms with Gasteiger partial charge in [0.25, 0.3) is 0 Å². The summed E-state index contributed by atoms with van der Waals surface area (Å²) in [5.74, 6) is 0.190.